The summed E-state index contributed by atoms with van der Waals surface area (Å²) < 4.78 is 33.5. The van der Waals surface area contributed by atoms with Crippen LogP contribution in [0.2, 0.25) is 0 Å². The van der Waals surface area contributed by atoms with E-state index in [1.165, 1.54) is 5.56 Å². The monoisotopic (exact) mass is 419 g/mol. The largest absolute Gasteiger partial charge is 0.286 e. The number of fused-ring (bicyclic) bond motifs is 1. The molecular weight excluding hydrogens is 394 g/mol. The first kappa shape index (κ1) is 21.0. The normalized spacial score (nSPS) is 19.6. The number of allylic oxidation sites excluding steroid dienone is 5. The van der Waals surface area contributed by atoms with E-state index in [4.69, 9.17) is 22.7 Å². The summed E-state index contributed by atoms with van der Waals surface area (Å²) in [6, 6.07) is 8.14. The zero-order valence-corrected chi connectivity index (χ0v) is 17.9. The summed E-state index contributed by atoms with van der Waals surface area (Å²) in [5.74, 6) is -0.258. The quantitative estimate of drug-likeness (QED) is 0.525. The molecule has 1 heterocycles. The van der Waals surface area contributed by atoms with Crippen molar-refractivity contribution in [3.8, 4) is 0 Å². The molecule has 1 N–H and O–H groups in total. The number of rotatable bonds is 6. The second-order valence-electron chi connectivity index (χ2n) is 7.87. The van der Waals surface area contributed by atoms with E-state index in [-0.39, 0.29) is 11.2 Å². The Hall–Kier alpha value is -1.69. The van der Waals surface area contributed by atoms with Crippen LogP contribution in [0.3, 0.4) is 0 Å². The fraction of sp³-hybridized carbons (Fsp3) is 0.409. The first-order valence-electron chi connectivity index (χ1n) is 9.49. The summed E-state index contributed by atoms with van der Waals surface area (Å²) in [6.45, 7) is 10.8. The summed E-state index contributed by atoms with van der Waals surface area (Å²) in [4.78, 5) is 0. The average Bonchev–Trinajstić information content (AvgIpc) is 2.83. The number of nitrogens with zero attached hydrogens (tertiary/aromatic N) is 1. The molecule has 1 aliphatic heterocycles. The van der Waals surface area contributed by atoms with Crippen LogP contribution in [0.15, 0.2) is 52.6 Å². The highest BCUT2D eigenvalue weighted by Gasteiger charge is 2.43. The maximum Gasteiger partial charge on any atom is 0.265 e. The highest BCUT2D eigenvalue weighted by atomic mass is 35.5. The zero-order valence-electron chi connectivity index (χ0n) is 16.3. The molecule has 0 atom stereocenters. The summed E-state index contributed by atoms with van der Waals surface area (Å²) in [5.41, 5.74) is 4.86. The molecule has 0 saturated heterocycles. The van der Waals surface area contributed by atoms with Crippen molar-refractivity contribution in [2.75, 3.05) is 12.3 Å². The first-order valence-corrected chi connectivity index (χ1v) is 11.5. The van der Waals surface area contributed by atoms with Crippen LogP contribution in [0.5, 0.6) is 0 Å². The van der Waals surface area contributed by atoms with Crippen molar-refractivity contribution in [3.63, 3.8) is 0 Å². The lowest BCUT2D eigenvalue weighted by Gasteiger charge is -2.17. The van der Waals surface area contributed by atoms with E-state index in [1.807, 2.05) is 24.3 Å². The molecule has 28 heavy (non-hydrogen) atoms. The van der Waals surface area contributed by atoms with Gasteiger partial charge in [-0.1, -0.05) is 42.5 Å². The number of para-hydroxylation sites is 1. The van der Waals surface area contributed by atoms with E-state index < -0.39 is 10.1 Å². The summed E-state index contributed by atoms with van der Waals surface area (Å²) in [7, 11) is -3.98. The van der Waals surface area contributed by atoms with Crippen molar-refractivity contribution in [2.24, 2.45) is 0 Å². The maximum atomic E-state index is 11.1. The van der Waals surface area contributed by atoms with Gasteiger partial charge < -0.3 is 0 Å². The molecule has 0 aromatic heterocycles. The van der Waals surface area contributed by atoms with Crippen LogP contribution in [0.4, 0.5) is 5.69 Å². The first-order chi connectivity index (χ1) is 13.1. The number of halogens is 1. The molecule has 149 valence electrons. The molecule has 0 bridgehead atoms. The van der Waals surface area contributed by atoms with E-state index in [2.05, 4.69) is 30.6 Å². The van der Waals surface area contributed by atoms with Crippen LogP contribution >= 0.6 is 11.6 Å². The molecule has 0 spiro atoms. The molecule has 0 saturated carbocycles. The maximum absolute atomic E-state index is 11.1. The molecule has 1 aliphatic carbocycles. The molecule has 1 aromatic carbocycles. The van der Waals surface area contributed by atoms with Crippen LogP contribution < -0.4 is 0 Å². The van der Waals surface area contributed by atoms with E-state index >= 15 is 0 Å². The van der Waals surface area contributed by atoms with Crippen molar-refractivity contribution >= 4 is 33.1 Å². The Kier molecular flexibility index (Phi) is 5.99. The van der Waals surface area contributed by atoms with E-state index in [9.17, 15) is 8.42 Å². The van der Waals surface area contributed by atoms with Crippen molar-refractivity contribution in [1.82, 2.24) is 0 Å². The van der Waals surface area contributed by atoms with Crippen LogP contribution in [0.25, 0.3) is 0 Å². The second kappa shape index (κ2) is 7.97. The van der Waals surface area contributed by atoms with Gasteiger partial charge in [-0.15, -0.1) is 0 Å². The fourth-order valence-electron chi connectivity index (χ4n) is 4.02. The van der Waals surface area contributed by atoms with Crippen LogP contribution in [-0.4, -0.2) is 35.6 Å². The third-order valence-corrected chi connectivity index (χ3v) is 6.77. The Morgan fingerprint density at radius 1 is 1.25 bits per heavy atom. The van der Waals surface area contributed by atoms with Gasteiger partial charge in [0.25, 0.3) is 10.1 Å². The molecule has 2 aliphatic rings. The fourth-order valence-corrected chi connectivity index (χ4v) is 4.76. The van der Waals surface area contributed by atoms with Crippen LogP contribution in [0, 0.1) is 6.58 Å². The zero-order chi connectivity index (χ0) is 20.5. The average molecular weight is 420 g/mol. The standard InChI is InChI=1S/C22H25ClNO3S/c1-16-8-6-9-17(21(16)23)12-13-20-22(2,3)18-10-4-5-11-19(18)24(20)14-7-15-28(25,26)27/h1,4-5,10-13H,6-9,14-15H2,2-3H3/p+1/b13-12+,16-1?. The van der Waals surface area contributed by atoms with Crippen molar-refractivity contribution < 1.29 is 17.5 Å². The summed E-state index contributed by atoms with van der Waals surface area (Å²) in [5, 5.41) is 0.648. The molecule has 0 fully saturated rings. The minimum atomic E-state index is -3.98. The van der Waals surface area contributed by atoms with Gasteiger partial charge in [0.2, 0.25) is 5.69 Å². The van der Waals surface area contributed by atoms with Crippen molar-refractivity contribution in [1.29, 1.82) is 0 Å². The van der Waals surface area contributed by atoms with E-state index in [1.54, 1.807) is 0 Å². The Bertz CT molecular complexity index is 1000. The number of benzene rings is 1. The SMILES string of the molecule is [CH]=C1CCCC(/C=C/C2=[N+](CCCS(=O)(=O)O)c3ccccc3C2(C)C)=C1Cl. The number of hydrogen-bond acceptors (Lipinski definition) is 2. The second-order valence-corrected chi connectivity index (χ2v) is 9.82. The molecule has 6 heteroatoms. The number of hydrogen-bond donors (Lipinski definition) is 1. The third-order valence-electron chi connectivity index (χ3n) is 5.48. The van der Waals surface area contributed by atoms with E-state index in [0.29, 0.717) is 18.0 Å². The minimum Gasteiger partial charge on any atom is -0.286 e. The predicted octanol–water partition coefficient (Wildman–Crippen LogP) is 4.93. The molecular formula is C22H26ClNO3S+. The molecule has 1 aromatic rings. The smallest absolute Gasteiger partial charge is 0.265 e. The topological polar surface area (TPSA) is 57.4 Å². The van der Waals surface area contributed by atoms with Crippen molar-refractivity contribution in [2.45, 2.75) is 44.9 Å². The van der Waals surface area contributed by atoms with Gasteiger partial charge in [0.1, 0.15) is 6.54 Å². The lowest BCUT2D eigenvalue weighted by atomic mass is 9.81. The molecule has 4 nitrogen and oxygen atoms in total. The van der Waals surface area contributed by atoms with Gasteiger partial charge in [-0.3, -0.25) is 4.55 Å². The van der Waals surface area contributed by atoms with Gasteiger partial charge in [0.15, 0.2) is 5.71 Å². The molecule has 1 radical (unpaired) electrons. The molecule has 0 unspecified atom stereocenters. The van der Waals surface area contributed by atoms with E-state index in [0.717, 1.165) is 41.8 Å². The van der Waals surface area contributed by atoms with Gasteiger partial charge in [0, 0.05) is 29.2 Å². The van der Waals surface area contributed by atoms with Crippen LogP contribution in [0.1, 0.15) is 45.1 Å². The van der Waals surface area contributed by atoms with Gasteiger partial charge >= 0.3 is 0 Å². The van der Waals surface area contributed by atoms with Crippen LogP contribution in [-0.2, 0) is 15.5 Å². The minimum absolute atomic E-state index is 0.234. The Labute approximate surface area is 172 Å². The third kappa shape index (κ3) is 4.32. The van der Waals surface area contributed by atoms with Crippen molar-refractivity contribution in [3.05, 3.63) is 64.7 Å². The molecule has 0 amide bonds. The predicted molar refractivity (Wildman–Crippen MR) is 114 cm³/mol. The van der Waals surface area contributed by atoms with Gasteiger partial charge in [-0.25, -0.2) is 0 Å². The highest BCUT2D eigenvalue weighted by Crippen LogP contribution is 2.40. The summed E-state index contributed by atoms with van der Waals surface area (Å²) >= 11 is 6.40. The van der Waals surface area contributed by atoms with Gasteiger partial charge in [-0.2, -0.15) is 13.0 Å². The lowest BCUT2D eigenvalue weighted by Crippen LogP contribution is -2.28. The lowest BCUT2D eigenvalue weighted by molar-refractivity contribution is -0.437. The Morgan fingerprint density at radius 3 is 2.68 bits per heavy atom. The van der Waals surface area contributed by atoms with Gasteiger partial charge in [-0.05, 0) is 44.3 Å². The Morgan fingerprint density at radius 2 is 1.96 bits per heavy atom. The molecule has 3 rings (SSSR count). The van der Waals surface area contributed by atoms with Gasteiger partial charge in [0.05, 0.1) is 11.2 Å². The highest BCUT2D eigenvalue weighted by molar-refractivity contribution is 7.85. The summed E-state index contributed by atoms with van der Waals surface area (Å²) in [6.07, 6.45) is 7.14. The Balaban J connectivity index is 2.00.